The van der Waals surface area contributed by atoms with Crippen LogP contribution in [0.5, 0.6) is 23.3 Å². The molecule has 1 atom stereocenters. The summed E-state index contributed by atoms with van der Waals surface area (Å²) in [5, 5.41) is 9.56. The molecule has 192 valence electrons. The maximum atomic E-state index is 6.50. The first-order chi connectivity index (χ1) is 19.2. The van der Waals surface area contributed by atoms with Crippen LogP contribution in [0.15, 0.2) is 79.3 Å². The fraction of sp³-hybridized carbons (Fsp3) is 0.138. The van der Waals surface area contributed by atoms with E-state index in [0.29, 0.717) is 40.4 Å². The Kier molecular flexibility index (Phi) is 5.25. The van der Waals surface area contributed by atoms with Gasteiger partial charge in [0.2, 0.25) is 17.6 Å². The molecule has 1 aliphatic rings. The van der Waals surface area contributed by atoms with Gasteiger partial charge in [-0.25, -0.2) is 19.2 Å². The molecule has 0 saturated carbocycles. The lowest BCUT2D eigenvalue weighted by Gasteiger charge is -2.26. The second-order valence-corrected chi connectivity index (χ2v) is 9.08. The molecule has 39 heavy (non-hydrogen) atoms. The number of nitrogens with zero attached hydrogens (tertiary/aromatic N) is 7. The first-order valence-corrected chi connectivity index (χ1v) is 12.4. The van der Waals surface area contributed by atoms with Gasteiger partial charge in [0.05, 0.1) is 42.6 Å². The van der Waals surface area contributed by atoms with E-state index in [1.165, 1.54) is 0 Å². The van der Waals surface area contributed by atoms with Crippen LogP contribution in [0.2, 0.25) is 0 Å². The van der Waals surface area contributed by atoms with Crippen molar-refractivity contribution in [3.05, 3.63) is 102 Å². The third-order valence-corrected chi connectivity index (χ3v) is 6.86. The van der Waals surface area contributed by atoms with E-state index in [1.54, 1.807) is 31.3 Å². The van der Waals surface area contributed by atoms with Crippen molar-refractivity contribution in [1.82, 2.24) is 34.3 Å². The van der Waals surface area contributed by atoms with Gasteiger partial charge in [-0.2, -0.15) is 5.10 Å². The largest absolute Gasteiger partial charge is 0.493 e. The maximum absolute atomic E-state index is 6.50. The number of fused-ring (bicyclic) bond motifs is 4. The van der Waals surface area contributed by atoms with Crippen LogP contribution in [-0.2, 0) is 0 Å². The number of hydrogen-bond donors (Lipinski definition) is 0. The number of rotatable bonds is 5. The van der Waals surface area contributed by atoms with E-state index in [-0.39, 0.29) is 5.92 Å². The van der Waals surface area contributed by atoms with Crippen molar-refractivity contribution in [2.45, 2.75) is 12.8 Å². The summed E-state index contributed by atoms with van der Waals surface area (Å²) in [6.07, 6.45) is 3.33. The number of pyridine rings is 1. The average molecular weight is 518 g/mol. The average Bonchev–Trinajstić information content (AvgIpc) is 3.58. The van der Waals surface area contributed by atoms with Gasteiger partial charge in [-0.15, -0.1) is 5.10 Å². The second-order valence-electron chi connectivity index (χ2n) is 9.08. The molecule has 1 unspecified atom stereocenters. The lowest BCUT2D eigenvalue weighted by Crippen LogP contribution is -2.16. The molecule has 7 rings (SSSR count). The summed E-state index contributed by atoms with van der Waals surface area (Å²) < 4.78 is 21.2. The van der Waals surface area contributed by atoms with E-state index >= 15 is 0 Å². The third-order valence-electron chi connectivity index (χ3n) is 6.86. The van der Waals surface area contributed by atoms with Crippen LogP contribution >= 0.6 is 0 Å². The Morgan fingerprint density at radius 2 is 1.67 bits per heavy atom. The van der Waals surface area contributed by atoms with Gasteiger partial charge in [0.25, 0.3) is 0 Å². The summed E-state index contributed by atoms with van der Waals surface area (Å²) in [7, 11) is 3.25. The van der Waals surface area contributed by atoms with Crippen molar-refractivity contribution in [3.8, 4) is 40.5 Å². The molecule has 6 aromatic rings. The van der Waals surface area contributed by atoms with Crippen molar-refractivity contribution < 1.29 is 14.2 Å². The summed E-state index contributed by atoms with van der Waals surface area (Å²) in [6.45, 7) is 1.98. The molecule has 0 aliphatic carbocycles. The molecule has 0 amide bonds. The molecule has 0 spiro atoms. The fourth-order valence-corrected chi connectivity index (χ4v) is 5.09. The lowest BCUT2D eigenvalue weighted by molar-refractivity contribution is 0.354. The highest BCUT2D eigenvalue weighted by atomic mass is 16.5. The molecule has 0 saturated heterocycles. The Bertz CT molecular complexity index is 1830. The second kappa shape index (κ2) is 8.95. The van der Waals surface area contributed by atoms with Crippen LogP contribution in [0.3, 0.4) is 0 Å². The van der Waals surface area contributed by atoms with Gasteiger partial charge in [0.15, 0.2) is 17.1 Å². The molecule has 10 heteroatoms. The molecule has 4 aromatic heterocycles. The Morgan fingerprint density at radius 1 is 0.846 bits per heavy atom. The number of para-hydroxylation sites is 1. The molecule has 0 fully saturated rings. The van der Waals surface area contributed by atoms with Crippen molar-refractivity contribution >= 4 is 5.65 Å². The summed E-state index contributed by atoms with van der Waals surface area (Å²) in [5.41, 5.74) is 5.65. The van der Waals surface area contributed by atoms with Gasteiger partial charge in [0, 0.05) is 6.20 Å². The lowest BCUT2D eigenvalue weighted by atomic mass is 9.84. The standard InChI is InChI=1S/C29H23N7O3/c1-17-23-24(18-12-13-21(37-2)22(15-18)38-3)25-27-32-26(20-11-7-8-14-30-20)34-35(27)16-31-28(25)39-29(23)36(33-17)19-9-5-4-6-10-19/h4-16,24H,1-3H3. The zero-order chi connectivity index (χ0) is 26.5. The van der Waals surface area contributed by atoms with E-state index in [9.17, 15) is 0 Å². The topological polar surface area (TPSA) is 101 Å². The first-order valence-electron chi connectivity index (χ1n) is 12.4. The summed E-state index contributed by atoms with van der Waals surface area (Å²) in [4.78, 5) is 14.0. The maximum Gasteiger partial charge on any atom is 0.230 e. The minimum atomic E-state index is -0.321. The van der Waals surface area contributed by atoms with Crippen LogP contribution in [0, 0.1) is 6.92 Å². The van der Waals surface area contributed by atoms with Crippen molar-refractivity contribution in [2.75, 3.05) is 14.2 Å². The first kappa shape index (κ1) is 22.9. The minimum Gasteiger partial charge on any atom is -0.493 e. The predicted octanol–water partition coefficient (Wildman–Crippen LogP) is 4.98. The van der Waals surface area contributed by atoms with Crippen LogP contribution in [-0.4, -0.2) is 48.6 Å². The molecule has 0 N–H and O–H groups in total. The Balaban J connectivity index is 1.50. The van der Waals surface area contributed by atoms with Gasteiger partial charge in [-0.1, -0.05) is 30.3 Å². The Hall–Kier alpha value is -5.25. The van der Waals surface area contributed by atoms with Crippen molar-refractivity contribution in [3.63, 3.8) is 0 Å². The van der Waals surface area contributed by atoms with E-state index in [1.807, 2.05) is 78.3 Å². The summed E-state index contributed by atoms with van der Waals surface area (Å²) in [6, 6.07) is 21.4. The Labute approximate surface area is 223 Å². The molecular formula is C29H23N7O3. The highest BCUT2D eigenvalue weighted by molar-refractivity contribution is 5.68. The normalized spacial score (nSPS) is 14.0. The molecule has 1 aliphatic heterocycles. The highest BCUT2D eigenvalue weighted by Gasteiger charge is 2.38. The molecular weight excluding hydrogens is 494 g/mol. The van der Waals surface area contributed by atoms with Crippen LogP contribution < -0.4 is 14.2 Å². The summed E-state index contributed by atoms with van der Waals surface area (Å²) in [5.74, 6) is 2.48. The van der Waals surface area contributed by atoms with E-state index in [4.69, 9.17) is 24.3 Å². The smallest absolute Gasteiger partial charge is 0.230 e. The van der Waals surface area contributed by atoms with Crippen molar-refractivity contribution in [1.29, 1.82) is 0 Å². The van der Waals surface area contributed by atoms with E-state index in [0.717, 1.165) is 28.1 Å². The monoisotopic (exact) mass is 517 g/mol. The number of aryl methyl sites for hydroxylation is 1. The molecule has 5 heterocycles. The number of methoxy groups -OCH3 is 2. The minimum absolute atomic E-state index is 0.321. The number of hydrogen-bond acceptors (Lipinski definition) is 8. The van der Waals surface area contributed by atoms with E-state index in [2.05, 4.69) is 15.1 Å². The highest BCUT2D eigenvalue weighted by Crippen LogP contribution is 2.50. The van der Waals surface area contributed by atoms with Crippen LogP contribution in [0.1, 0.15) is 28.3 Å². The SMILES string of the molecule is COc1ccc(C2c3c(C)nn(-c4ccccc4)c3Oc3ncn4nc(-c5ccccn5)nc4c32)cc1OC. The van der Waals surface area contributed by atoms with E-state index < -0.39 is 0 Å². The predicted molar refractivity (Wildman–Crippen MR) is 143 cm³/mol. The number of aromatic nitrogens is 7. The van der Waals surface area contributed by atoms with Crippen LogP contribution in [0.4, 0.5) is 0 Å². The Morgan fingerprint density at radius 3 is 2.44 bits per heavy atom. The number of benzene rings is 2. The van der Waals surface area contributed by atoms with Crippen LogP contribution in [0.25, 0.3) is 22.9 Å². The van der Waals surface area contributed by atoms with Crippen molar-refractivity contribution in [2.24, 2.45) is 0 Å². The van der Waals surface area contributed by atoms with Gasteiger partial charge >= 0.3 is 0 Å². The van der Waals surface area contributed by atoms with Gasteiger partial charge in [0.1, 0.15) is 12.0 Å². The quantitative estimate of drug-likeness (QED) is 0.315. The fourth-order valence-electron chi connectivity index (χ4n) is 5.09. The molecule has 0 bridgehead atoms. The number of ether oxygens (including phenoxy) is 3. The van der Waals surface area contributed by atoms with Gasteiger partial charge in [-0.3, -0.25) is 4.98 Å². The molecule has 0 radical (unpaired) electrons. The summed E-state index contributed by atoms with van der Waals surface area (Å²) >= 11 is 0. The third kappa shape index (κ3) is 3.60. The zero-order valence-electron chi connectivity index (χ0n) is 21.4. The van der Waals surface area contributed by atoms with Gasteiger partial charge in [-0.05, 0) is 48.9 Å². The molecule has 2 aromatic carbocycles. The molecule has 10 nitrogen and oxygen atoms in total. The zero-order valence-corrected chi connectivity index (χ0v) is 21.4. The van der Waals surface area contributed by atoms with Gasteiger partial charge < -0.3 is 14.2 Å².